The molecule has 4 amide bonds. The summed E-state index contributed by atoms with van der Waals surface area (Å²) in [7, 11) is 0. The summed E-state index contributed by atoms with van der Waals surface area (Å²) in [5, 5.41) is 7.74. The zero-order valence-electron chi connectivity index (χ0n) is 28.9. The van der Waals surface area contributed by atoms with Gasteiger partial charge in [-0.3, -0.25) is 28.8 Å². The number of carbonyl (C=O) groups is 6. The summed E-state index contributed by atoms with van der Waals surface area (Å²) < 4.78 is 0. The molecule has 3 aromatic carbocycles. The van der Waals surface area contributed by atoms with Crippen molar-refractivity contribution >= 4 is 35.2 Å². The molecule has 0 aliphatic heterocycles. The minimum Gasteiger partial charge on any atom is -0.366 e. The number of Topliss-reactive ketones (excluding diaryl/α,β-unsaturated/α-hetero) is 2. The highest BCUT2D eigenvalue weighted by Crippen LogP contribution is 2.07. The summed E-state index contributed by atoms with van der Waals surface area (Å²) >= 11 is 0. The number of hydrogen-bond donors (Lipinski definition) is 5. The quantitative estimate of drug-likeness (QED) is 0.111. The van der Waals surface area contributed by atoms with Gasteiger partial charge in [0.05, 0.1) is 13.1 Å². The number of nitrogens with two attached hydrogens (primary N) is 2. The van der Waals surface area contributed by atoms with Crippen molar-refractivity contribution < 1.29 is 28.8 Å². The maximum absolute atomic E-state index is 12.0. The van der Waals surface area contributed by atoms with Crippen LogP contribution in [0.5, 0.6) is 0 Å². The Balaban J connectivity index is 0. The van der Waals surface area contributed by atoms with Crippen LogP contribution in [0, 0.1) is 0 Å². The van der Waals surface area contributed by atoms with Gasteiger partial charge < -0.3 is 27.4 Å². The fourth-order valence-corrected chi connectivity index (χ4v) is 3.43. The second kappa shape index (κ2) is 26.1. The molecule has 0 aliphatic carbocycles. The average molecular weight is 650 g/mol. The highest BCUT2D eigenvalue weighted by atomic mass is 16.2. The van der Waals surface area contributed by atoms with E-state index in [4.69, 9.17) is 11.5 Å². The van der Waals surface area contributed by atoms with Crippen LogP contribution < -0.4 is 27.4 Å². The third-order valence-electron chi connectivity index (χ3n) is 5.59. The van der Waals surface area contributed by atoms with E-state index in [1.54, 1.807) is 18.2 Å². The van der Waals surface area contributed by atoms with Crippen molar-refractivity contribution in [1.29, 1.82) is 0 Å². The minimum absolute atomic E-state index is 0.0589. The average Bonchev–Trinajstić information content (AvgIpc) is 3.10. The Bertz CT molecular complexity index is 1420. The molecular weight excluding hydrogens is 598 g/mol. The molecule has 0 radical (unpaired) electrons. The summed E-state index contributed by atoms with van der Waals surface area (Å²) in [4.78, 5) is 68.2. The van der Waals surface area contributed by atoms with Gasteiger partial charge in [0, 0.05) is 35.3 Å². The summed E-state index contributed by atoms with van der Waals surface area (Å²) in [6, 6.07) is 19.8. The summed E-state index contributed by atoms with van der Waals surface area (Å²) in [6.07, 6.45) is -0.0589. The first kappa shape index (κ1) is 44.0. The number of ketones is 2. The van der Waals surface area contributed by atoms with Crippen LogP contribution in [0.25, 0.3) is 0 Å². The maximum atomic E-state index is 12.0. The minimum atomic E-state index is -0.628. The van der Waals surface area contributed by atoms with E-state index in [0.29, 0.717) is 24.2 Å². The van der Waals surface area contributed by atoms with E-state index in [1.807, 2.05) is 65.8 Å². The third-order valence-corrected chi connectivity index (χ3v) is 5.59. The Kier molecular flexibility index (Phi) is 24.4. The van der Waals surface area contributed by atoms with Gasteiger partial charge in [-0.1, -0.05) is 84.0 Å². The molecule has 3 rings (SSSR count). The molecule has 0 aliphatic rings. The Labute approximate surface area is 278 Å². The second-order valence-corrected chi connectivity index (χ2v) is 8.95. The van der Waals surface area contributed by atoms with Crippen molar-refractivity contribution in [3.8, 4) is 0 Å². The highest BCUT2D eigenvalue weighted by molar-refractivity contribution is 6.00. The van der Waals surface area contributed by atoms with Crippen molar-refractivity contribution in [2.45, 2.75) is 74.9 Å². The van der Waals surface area contributed by atoms with Crippen LogP contribution in [0.4, 0.5) is 0 Å². The molecule has 0 heterocycles. The fraction of sp³-hybridized carbons (Fsp3) is 0.333. The van der Waals surface area contributed by atoms with Gasteiger partial charge in [-0.2, -0.15) is 0 Å². The van der Waals surface area contributed by atoms with Crippen molar-refractivity contribution in [1.82, 2.24) is 16.0 Å². The van der Waals surface area contributed by atoms with Gasteiger partial charge in [0.15, 0.2) is 5.78 Å². The smallest absolute Gasteiger partial charge is 0.252 e. The van der Waals surface area contributed by atoms with E-state index in [2.05, 4.69) is 16.0 Å². The van der Waals surface area contributed by atoms with E-state index < -0.39 is 11.8 Å². The normalized spacial score (nSPS) is 9.04. The lowest BCUT2D eigenvalue weighted by atomic mass is 10.1. The van der Waals surface area contributed by atoms with E-state index in [1.165, 1.54) is 44.2 Å². The Morgan fingerprint density at radius 1 is 0.596 bits per heavy atom. The van der Waals surface area contributed by atoms with Crippen LogP contribution in [0.15, 0.2) is 72.8 Å². The molecule has 11 nitrogen and oxygen atoms in total. The highest BCUT2D eigenvalue weighted by Gasteiger charge is 2.10. The van der Waals surface area contributed by atoms with Gasteiger partial charge in [0.1, 0.15) is 5.78 Å². The van der Waals surface area contributed by atoms with Gasteiger partial charge in [-0.05, 0) is 55.3 Å². The van der Waals surface area contributed by atoms with Gasteiger partial charge >= 0.3 is 0 Å². The molecule has 0 atom stereocenters. The van der Waals surface area contributed by atoms with E-state index >= 15 is 0 Å². The van der Waals surface area contributed by atoms with Gasteiger partial charge in [-0.15, -0.1) is 0 Å². The summed E-state index contributed by atoms with van der Waals surface area (Å²) in [5.74, 6) is -1.93. The first-order valence-electron chi connectivity index (χ1n) is 15.6. The van der Waals surface area contributed by atoms with E-state index in [9.17, 15) is 28.8 Å². The fourth-order valence-electron chi connectivity index (χ4n) is 3.43. The topological polar surface area (TPSA) is 191 Å². The zero-order chi connectivity index (χ0) is 36.4. The van der Waals surface area contributed by atoms with Crippen molar-refractivity contribution in [2.24, 2.45) is 11.5 Å². The monoisotopic (exact) mass is 649 g/mol. The lowest BCUT2D eigenvalue weighted by Crippen LogP contribution is -2.37. The SMILES string of the molecule is CC.CC.CC.CC(=O)CC(=O)NCc1cccc(CN)c1.CC(=O)c1ccc(C(=O)NCNC(=O)c2cccc(C(N)=O)c2)cc1. The molecule has 11 heteroatoms. The Morgan fingerprint density at radius 2 is 1.09 bits per heavy atom. The Morgan fingerprint density at radius 3 is 1.60 bits per heavy atom. The number of benzene rings is 3. The van der Waals surface area contributed by atoms with Crippen LogP contribution in [0.3, 0.4) is 0 Å². The molecule has 0 saturated heterocycles. The first-order valence-corrected chi connectivity index (χ1v) is 15.6. The number of primary amides is 1. The molecule has 256 valence electrons. The zero-order valence-corrected chi connectivity index (χ0v) is 28.9. The predicted octanol–water partition coefficient (Wildman–Crippen LogP) is 4.92. The molecule has 0 saturated carbocycles. The van der Waals surface area contributed by atoms with Crippen LogP contribution in [-0.4, -0.2) is 41.9 Å². The number of carbonyl (C=O) groups excluding carboxylic acids is 6. The van der Waals surface area contributed by atoms with Gasteiger partial charge in [-0.25, -0.2) is 0 Å². The van der Waals surface area contributed by atoms with Gasteiger partial charge in [0.25, 0.3) is 11.8 Å². The molecule has 3 aromatic rings. The second-order valence-electron chi connectivity index (χ2n) is 8.95. The maximum Gasteiger partial charge on any atom is 0.252 e. The molecule has 0 fully saturated rings. The molecule has 0 aromatic heterocycles. The molecule has 47 heavy (non-hydrogen) atoms. The molecule has 0 unspecified atom stereocenters. The van der Waals surface area contributed by atoms with E-state index in [0.717, 1.165) is 11.1 Å². The summed E-state index contributed by atoms with van der Waals surface area (Å²) in [6.45, 7) is 15.7. The molecule has 0 spiro atoms. The predicted molar refractivity (Wildman–Crippen MR) is 187 cm³/mol. The molecule has 7 N–H and O–H groups in total. The number of nitrogens with one attached hydrogen (secondary N) is 3. The number of rotatable bonds is 11. The van der Waals surface area contributed by atoms with Crippen molar-refractivity contribution in [3.05, 3.63) is 106 Å². The van der Waals surface area contributed by atoms with Crippen molar-refractivity contribution in [2.75, 3.05) is 6.67 Å². The third kappa shape index (κ3) is 18.4. The lowest BCUT2D eigenvalue weighted by molar-refractivity contribution is -0.127. The van der Waals surface area contributed by atoms with E-state index in [-0.39, 0.29) is 47.6 Å². The number of amides is 4. The standard InChI is InChI=1S/C18H17N3O4.C12H16N2O2.3C2H6/c1-11(22)12-5-7-13(8-6-12)17(24)20-10-21-18(25)15-4-2-3-14(9-15)16(19)23;1-9(15)5-12(16)14-8-11-4-2-3-10(6-11)7-13;3*1-2/h2-9H,10H2,1H3,(H2,19,23)(H,20,24)(H,21,25);2-4,6H,5,7-8,13H2,1H3,(H,14,16);3*1-2H3. The molecular formula is C36H51N5O6. The lowest BCUT2D eigenvalue weighted by Gasteiger charge is -2.08. The first-order chi connectivity index (χ1) is 22.5. The molecule has 0 bridgehead atoms. The van der Waals surface area contributed by atoms with Crippen LogP contribution in [0.2, 0.25) is 0 Å². The van der Waals surface area contributed by atoms with Crippen LogP contribution >= 0.6 is 0 Å². The van der Waals surface area contributed by atoms with Crippen molar-refractivity contribution in [3.63, 3.8) is 0 Å². The number of hydrogen-bond acceptors (Lipinski definition) is 7. The summed E-state index contributed by atoms with van der Waals surface area (Å²) in [5.41, 5.74) is 14.1. The van der Waals surface area contributed by atoms with Crippen LogP contribution in [0.1, 0.15) is 114 Å². The Hall–Kier alpha value is -5.16. The van der Waals surface area contributed by atoms with Gasteiger partial charge in [0.2, 0.25) is 11.8 Å². The largest absolute Gasteiger partial charge is 0.366 e. The van der Waals surface area contributed by atoms with Crippen LogP contribution in [-0.2, 0) is 22.7 Å².